The average molecular weight is 265 g/mol. The Balaban J connectivity index is 2.87. The number of aromatic hydroxyl groups is 1. The van der Waals surface area contributed by atoms with Crippen LogP contribution in [0.15, 0.2) is 18.2 Å². The van der Waals surface area contributed by atoms with Crippen LogP contribution in [-0.4, -0.2) is 22.8 Å². The molecule has 0 fully saturated rings. The van der Waals surface area contributed by atoms with Crippen molar-refractivity contribution >= 4 is 5.69 Å². The van der Waals surface area contributed by atoms with Gasteiger partial charge in [-0.3, -0.25) is 0 Å². The van der Waals surface area contributed by atoms with E-state index < -0.39 is 6.10 Å². The summed E-state index contributed by atoms with van der Waals surface area (Å²) >= 11 is 0. The highest BCUT2D eigenvalue weighted by Gasteiger charge is 2.14. The molecule has 3 nitrogen and oxygen atoms in total. The van der Waals surface area contributed by atoms with Crippen LogP contribution in [0.25, 0.3) is 0 Å². The van der Waals surface area contributed by atoms with Gasteiger partial charge in [-0.2, -0.15) is 0 Å². The number of unbranched alkanes of at least 4 members (excludes halogenated alkanes) is 2. The van der Waals surface area contributed by atoms with Gasteiger partial charge < -0.3 is 15.1 Å². The van der Waals surface area contributed by atoms with Gasteiger partial charge in [0.1, 0.15) is 5.75 Å². The normalized spacial score (nSPS) is 12.7. The molecular weight excluding hydrogens is 238 g/mol. The Kier molecular flexibility index (Phi) is 6.16. The van der Waals surface area contributed by atoms with Crippen molar-refractivity contribution in [3.8, 4) is 5.75 Å². The summed E-state index contributed by atoms with van der Waals surface area (Å²) in [5.74, 6) is 0.175. The van der Waals surface area contributed by atoms with Gasteiger partial charge in [0.15, 0.2) is 0 Å². The van der Waals surface area contributed by atoms with Gasteiger partial charge >= 0.3 is 0 Å². The Labute approximate surface area is 116 Å². The molecule has 3 heteroatoms. The lowest BCUT2D eigenvalue weighted by Gasteiger charge is -2.29. The van der Waals surface area contributed by atoms with Crippen LogP contribution < -0.4 is 4.90 Å². The molecule has 1 rings (SSSR count). The third kappa shape index (κ3) is 4.43. The predicted octanol–water partition coefficient (Wildman–Crippen LogP) is 3.85. The lowest BCUT2D eigenvalue weighted by Crippen LogP contribution is -2.31. The van der Waals surface area contributed by atoms with Gasteiger partial charge in [-0.1, -0.05) is 25.8 Å². The summed E-state index contributed by atoms with van der Waals surface area (Å²) in [7, 11) is 0. The molecule has 1 aromatic rings. The van der Waals surface area contributed by atoms with E-state index in [0.29, 0.717) is 11.6 Å². The molecule has 0 spiro atoms. The van der Waals surface area contributed by atoms with Crippen LogP contribution in [0.2, 0.25) is 0 Å². The largest absolute Gasteiger partial charge is 0.507 e. The summed E-state index contributed by atoms with van der Waals surface area (Å²) in [5.41, 5.74) is 1.61. The van der Waals surface area contributed by atoms with Crippen molar-refractivity contribution in [1.82, 2.24) is 0 Å². The number of phenolic OH excluding ortho intramolecular Hbond substituents is 1. The number of rotatable bonds is 7. The monoisotopic (exact) mass is 265 g/mol. The molecule has 0 amide bonds. The molecule has 1 aromatic carbocycles. The predicted molar refractivity (Wildman–Crippen MR) is 80.7 cm³/mol. The number of aliphatic hydroxyl groups is 1. The smallest absolute Gasteiger partial charge is 0.123 e. The fraction of sp³-hybridized carbons (Fsp3) is 0.625. The first kappa shape index (κ1) is 15.8. The van der Waals surface area contributed by atoms with Crippen LogP contribution >= 0.6 is 0 Å². The zero-order valence-electron chi connectivity index (χ0n) is 12.6. The van der Waals surface area contributed by atoms with E-state index in [9.17, 15) is 10.2 Å². The second-order valence-electron chi connectivity index (χ2n) is 5.41. The lowest BCUT2D eigenvalue weighted by molar-refractivity contribution is 0.195. The minimum Gasteiger partial charge on any atom is -0.507 e. The van der Waals surface area contributed by atoms with Crippen molar-refractivity contribution in [3.63, 3.8) is 0 Å². The van der Waals surface area contributed by atoms with Crippen molar-refractivity contribution in [2.75, 3.05) is 11.4 Å². The molecule has 0 saturated heterocycles. The summed E-state index contributed by atoms with van der Waals surface area (Å²) in [6, 6.07) is 5.94. The van der Waals surface area contributed by atoms with Gasteiger partial charge in [0.25, 0.3) is 0 Å². The van der Waals surface area contributed by atoms with Crippen molar-refractivity contribution < 1.29 is 10.2 Å². The highest BCUT2D eigenvalue weighted by molar-refractivity contribution is 5.54. The van der Waals surface area contributed by atoms with Crippen molar-refractivity contribution in [2.45, 2.75) is 59.1 Å². The molecule has 1 unspecified atom stereocenters. The molecule has 0 aliphatic heterocycles. The summed E-state index contributed by atoms with van der Waals surface area (Å²) in [6.45, 7) is 9.18. The maximum Gasteiger partial charge on any atom is 0.123 e. The Morgan fingerprint density at radius 2 is 1.84 bits per heavy atom. The van der Waals surface area contributed by atoms with Crippen LogP contribution in [0, 0.1) is 0 Å². The number of anilines is 1. The number of hydrogen-bond donors (Lipinski definition) is 2. The van der Waals surface area contributed by atoms with E-state index in [-0.39, 0.29) is 5.75 Å². The van der Waals surface area contributed by atoms with E-state index in [0.717, 1.165) is 18.7 Å². The SMILES string of the molecule is CCCCCN(c1ccc(C(C)O)c(O)c1)C(C)C. The van der Waals surface area contributed by atoms with Crippen molar-refractivity contribution in [2.24, 2.45) is 0 Å². The molecule has 19 heavy (non-hydrogen) atoms. The van der Waals surface area contributed by atoms with E-state index in [1.165, 1.54) is 12.8 Å². The van der Waals surface area contributed by atoms with E-state index >= 15 is 0 Å². The zero-order valence-corrected chi connectivity index (χ0v) is 12.6. The van der Waals surface area contributed by atoms with Gasteiger partial charge in [-0.25, -0.2) is 0 Å². The van der Waals surface area contributed by atoms with Gasteiger partial charge in [0, 0.05) is 29.9 Å². The maximum atomic E-state index is 9.98. The van der Waals surface area contributed by atoms with Crippen molar-refractivity contribution in [1.29, 1.82) is 0 Å². The zero-order chi connectivity index (χ0) is 14.4. The maximum absolute atomic E-state index is 9.98. The highest BCUT2D eigenvalue weighted by Crippen LogP contribution is 2.30. The highest BCUT2D eigenvalue weighted by atomic mass is 16.3. The van der Waals surface area contributed by atoms with Gasteiger partial charge in [-0.05, 0) is 33.3 Å². The number of nitrogens with zero attached hydrogens (tertiary/aromatic N) is 1. The Morgan fingerprint density at radius 1 is 1.16 bits per heavy atom. The van der Waals surface area contributed by atoms with E-state index in [2.05, 4.69) is 25.7 Å². The molecule has 0 heterocycles. The van der Waals surface area contributed by atoms with Crippen LogP contribution in [0.5, 0.6) is 5.75 Å². The number of benzene rings is 1. The molecule has 1 atom stereocenters. The third-order valence-electron chi connectivity index (χ3n) is 3.42. The van der Waals surface area contributed by atoms with Crippen LogP contribution in [0.1, 0.15) is 58.6 Å². The minimum atomic E-state index is -0.637. The topological polar surface area (TPSA) is 43.7 Å². The molecular formula is C16H27NO2. The average Bonchev–Trinajstić information content (AvgIpc) is 2.33. The fourth-order valence-electron chi connectivity index (χ4n) is 2.28. The summed E-state index contributed by atoms with van der Waals surface area (Å²) in [5, 5.41) is 19.5. The minimum absolute atomic E-state index is 0.175. The molecule has 0 aliphatic carbocycles. The first-order chi connectivity index (χ1) is 8.97. The quantitative estimate of drug-likeness (QED) is 0.736. The second-order valence-corrected chi connectivity index (χ2v) is 5.41. The molecule has 0 saturated carbocycles. The fourth-order valence-corrected chi connectivity index (χ4v) is 2.28. The molecule has 108 valence electrons. The summed E-state index contributed by atoms with van der Waals surface area (Å²) in [4.78, 5) is 2.29. The van der Waals surface area contributed by atoms with Crippen LogP contribution in [0.3, 0.4) is 0 Å². The van der Waals surface area contributed by atoms with Gasteiger partial charge in [0.05, 0.1) is 6.10 Å². The van der Waals surface area contributed by atoms with Crippen molar-refractivity contribution in [3.05, 3.63) is 23.8 Å². The Bertz CT molecular complexity index is 388. The molecule has 0 aromatic heterocycles. The van der Waals surface area contributed by atoms with Gasteiger partial charge in [0.2, 0.25) is 0 Å². The Hall–Kier alpha value is -1.22. The molecule has 2 N–H and O–H groups in total. The Morgan fingerprint density at radius 3 is 2.32 bits per heavy atom. The number of phenols is 1. The molecule has 0 radical (unpaired) electrons. The van der Waals surface area contributed by atoms with E-state index in [1.54, 1.807) is 13.0 Å². The first-order valence-corrected chi connectivity index (χ1v) is 7.25. The standard InChI is InChI=1S/C16H27NO2/c1-5-6-7-10-17(12(2)3)14-8-9-15(13(4)18)16(19)11-14/h8-9,11-13,18-19H,5-7,10H2,1-4H3. The van der Waals surface area contributed by atoms with Crippen LogP contribution in [-0.2, 0) is 0 Å². The first-order valence-electron chi connectivity index (χ1n) is 7.25. The van der Waals surface area contributed by atoms with Gasteiger partial charge in [-0.15, -0.1) is 0 Å². The summed E-state index contributed by atoms with van der Waals surface area (Å²) < 4.78 is 0. The van der Waals surface area contributed by atoms with Crippen LogP contribution in [0.4, 0.5) is 5.69 Å². The third-order valence-corrected chi connectivity index (χ3v) is 3.42. The molecule has 0 aliphatic rings. The number of aliphatic hydroxyl groups excluding tert-OH is 1. The number of hydrogen-bond acceptors (Lipinski definition) is 3. The molecule has 0 bridgehead atoms. The van der Waals surface area contributed by atoms with E-state index in [4.69, 9.17) is 0 Å². The van der Waals surface area contributed by atoms with E-state index in [1.807, 2.05) is 12.1 Å². The lowest BCUT2D eigenvalue weighted by atomic mass is 10.1. The summed E-state index contributed by atoms with van der Waals surface area (Å²) in [6.07, 6.45) is 2.95. The second kappa shape index (κ2) is 7.39.